The minimum atomic E-state index is -1.12. The Morgan fingerprint density at radius 1 is 1.14 bits per heavy atom. The number of alkyl halides is 1. The van der Waals surface area contributed by atoms with Crippen LogP contribution in [0, 0.1) is 13.8 Å². The molecular formula is C18H20FNO. The SMILES string of the molecule is COc1cc(C)c(C(F)c2cccc3c2NCC3)cc1C. The molecule has 0 amide bonds. The lowest BCUT2D eigenvalue weighted by Crippen LogP contribution is -2.03. The van der Waals surface area contributed by atoms with Gasteiger partial charge in [0, 0.05) is 17.8 Å². The van der Waals surface area contributed by atoms with Gasteiger partial charge in [0.25, 0.3) is 0 Å². The van der Waals surface area contributed by atoms with Gasteiger partial charge in [0.2, 0.25) is 0 Å². The minimum absolute atomic E-state index is 0.718. The van der Waals surface area contributed by atoms with Crippen molar-refractivity contribution in [2.24, 2.45) is 0 Å². The normalized spacial score (nSPS) is 14.5. The lowest BCUT2D eigenvalue weighted by atomic mass is 9.94. The second-order valence-electron chi connectivity index (χ2n) is 5.60. The highest BCUT2D eigenvalue weighted by Crippen LogP contribution is 2.38. The van der Waals surface area contributed by atoms with E-state index >= 15 is 4.39 Å². The van der Waals surface area contributed by atoms with Gasteiger partial charge in [0.1, 0.15) is 5.75 Å². The van der Waals surface area contributed by atoms with Crippen LogP contribution < -0.4 is 10.1 Å². The highest BCUT2D eigenvalue weighted by Gasteiger charge is 2.23. The molecule has 1 aliphatic heterocycles. The Morgan fingerprint density at radius 2 is 1.95 bits per heavy atom. The summed E-state index contributed by atoms with van der Waals surface area (Å²) in [6, 6.07) is 9.69. The number of nitrogens with one attached hydrogen (secondary N) is 1. The van der Waals surface area contributed by atoms with Crippen molar-refractivity contribution in [1.82, 2.24) is 0 Å². The van der Waals surface area contributed by atoms with Gasteiger partial charge >= 0.3 is 0 Å². The zero-order chi connectivity index (χ0) is 15.0. The van der Waals surface area contributed by atoms with E-state index in [1.54, 1.807) is 7.11 Å². The summed E-state index contributed by atoms with van der Waals surface area (Å²) in [5, 5.41) is 3.31. The van der Waals surface area contributed by atoms with E-state index in [-0.39, 0.29) is 0 Å². The lowest BCUT2D eigenvalue weighted by Gasteiger charge is -2.17. The van der Waals surface area contributed by atoms with Crippen molar-refractivity contribution < 1.29 is 9.13 Å². The number of hydrogen-bond acceptors (Lipinski definition) is 2. The van der Waals surface area contributed by atoms with E-state index in [1.165, 1.54) is 5.56 Å². The Kier molecular flexibility index (Phi) is 3.58. The zero-order valence-corrected chi connectivity index (χ0v) is 12.7. The molecule has 0 spiro atoms. The summed E-state index contributed by atoms with van der Waals surface area (Å²) in [5.74, 6) is 0.805. The van der Waals surface area contributed by atoms with Crippen molar-refractivity contribution in [1.29, 1.82) is 0 Å². The molecule has 0 saturated heterocycles. The molecule has 2 nitrogen and oxygen atoms in total. The zero-order valence-electron chi connectivity index (χ0n) is 12.7. The van der Waals surface area contributed by atoms with E-state index in [9.17, 15) is 0 Å². The summed E-state index contributed by atoms with van der Waals surface area (Å²) in [6.07, 6.45) is -0.147. The van der Waals surface area contributed by atoms with Crippen molar-refractivity contribution >= 4 is 5.69 Å². The number of methoxy groups -OCH3 is 1. The molecule has 3 heteroatoms. The van der Waals surface area contributed by atoms with E-state index in [1.807, 2.05) is 38.1 Å². The van der Waals surface area contributed by atoms with Gasteiger partial charge in [-0.15, -0.1) is 0 Å². The number of para-hydroxylation sites is 1. The number of hydrogen-bond donors (Lipinski definition) is 1. The molecule has 0 saturated carbocycles. The van der Waals surface area contributed by atoms with Crippen LogP contribution in [-0.2, 0) is 6.42 Å². The molecule has 0 aromatic heterocycles. The van der Waals surface area contributed by atoms with Gasteiger partial charge in [-0.1, -0.05) is 18.2 Å². The first-order chi connectivity index (χ1) is 10.1. The first kappa shape index (κ1) is 13.9. The Balaban J connectivity index is 2.05. The van der Waals surface area contributed by atoms with Crippen LogP contribution in [0.25, 0.3) is 0 Å². The van der Waals surface area contributed by atoms with Crippen molar-refractivity contribution in [2.75, 3.05) is 19.0 Å². The van der Waals surface area contributed by atoms with Gasteiger partial charge in [-0.3, -0.25) is 0 Å². The fourth-order valence-corrected chi connectivity index (χ4v) is 3.05. The van der Waals surface area contributed by atoms with Crippen molar-refractivity contribution in [3.8, 4) is 5.75 Å². The standard InChI is InChI=1S/C18H20FNO/c1-11-10-16(21-3)12(2)9-15(11)17(19)14-6-4-5-13-7-8-20-18(13)14/h4-6,9-10,17,20H,7-8H2,1-3H3. The number of benzene rings is 2. The molecule has 110 valence electrons. The molecule has 1 heterocycles. The highest BCUT2D eigenvalue weighted by molar-refractivity contribution is 5.63. The average Bonchev–Trinajstić information content (AvgIpc) is 2.96. The molecule has 1 atom stereocenters. The molecular weight excluding hydrogens is 265 g/mol. The maximum absolute atomic E-state index is 15.1. The number of anilines is 1. The summed E-state index contributed by atoms with van der Waals surface area (Å²) in [6.45, 7) is 4.77. The maximum atomic E-state index is 15.1. The predicted octanol–water partition coefficient (Wildman–Crippen LogP) is 4.34. The van der Waals surface area contributed by atoms with Crippen molar-refractivity contribution in [3.63, 3.8) is 0 Å². The van der Waals surface area contributed by atoms with Gasteiger partial charge in [0.15, 0.2) is 6.17 Å². The third kappa shape index (κ3) is 2.37. The fraction of sp³-hybridized carbons (Fsp3) is 0.333. The van der Waals surface area contributed by atoms with Crippen molar-refractivity contribution in [2.45, 2.75) is 26.4 Å². The topological polar surface area (TPSA) is 21.3 Å². The van der Waals surface area contributed by atoms with E-state index < -0.39 is 6.17 Å². The number of aryl methyl sites for hydroxylation is 2. The molecule has 0 fully saturated rings. The van der Waals surface area contributed by atoms with Crippen LogP contribution in [0.4, 0.5) is 10.1 Å². The number of halogens is 1. The second kappa shape index (κ2) is 5.40. The Labute approximate surface area is 125 Å². The molecule has 1 unspecified atom stereocenters. The van der Waals surface area contributed by atoms with Crippen LogP contribution in [0.1, 0.15) is 34.0 Å². The fourth-order valence-electron chi connectivity index (χ4n) is 3.05. The smallest absolute Gasteiger partial charge is 0.153 e. The Bertz CT molecular complexity index is 681. The first-order valence-corrected chi connectivity index (χ1v) is 7.26. The molecule has 2 aromatic carbocycles. The Hall–Kier alpha value is -2.03. The van der Waals surface area contributed by atoms with E-state index in [2.05, 4.69) is 11.4 Å². The number of rotatable bonds is 3. The van der Waals surface area contributed by atoms with E-state index in [0.29, 0.717) is 0 Å². The molecule has 1 N–H and O–H groups in total. The van der Waals surface area contributed by atoms with Gasteiger partial charge < -0.3 is 10.1 Å². The summed E-state index contributed by atoms with van der Waals surface area (Å²) in [5.41, 5.74) is 5.51. The largest absolute Gasteiger partial charge is 0.496 e. The quantitative estimate of drug-likeness (QED) is 0.905. The third-order valence-electron chi connectivity index (χ3n) is 4.21. The van der Waals surface area contributed by atoms with Crippen LogP contribution in [-0.4, -0.2) is 13.7 Å². The molecule has 21 heavy (non-hydrogen) atoms. The van der Waals surface area contributed by atoms with Crippen LogP contribution in [0.15, 0.2) is 30.3 Å². The lowest BCUT2D eigenvalue weighted by molar-refractivity contribution is 0.396. The summed E-state index contributed by atoms with van der Waals surface area (Å²) < 4.78 is 20.4. The van der Waals surface area contributed by atoms with Crippen LogP contribution in [0.5, 0.6) is 5.75 Å². The van der Waals surface area contributed by atoms with Crippen LogP contribution in [0.2, 0.25) is 0 Å². The van der Waals surface area contributed by atoms with Crippen LogP contribution >= 0.6 is 0 Å². The van der Waals surface area contributed by atoms with E-state index in [0.717, 1.165) is 46.7 Å². The summed E-state index contributed by atoms with van der Waals surface area (Å²) >= 11 is 0. The monoisotopic (exact) mass is 285 g/mol. The summed E-state index contributed by atoms with van der Waals surface area (Å²) in [4.78, 5) is 0. The Morgan fingerprint density at radius 3 is 2.71 bits per heavy atom. The summed E-state index contributed by atoms with van der Waals surface area (Å²) in [7, 11) is 1.64. The van der Waals surface area contributed by atoms with Gasteiger partial charge in [-0.25, -0.2) is 4.39 Å². The van der Waals surface area contributed by atoms with Gasteiger partial charge in [-0.2, -0.15) is 0 Å². The first-order valence-electron chi connectivity index (χ1n) is 7.26. The number of fused-ring (bicyclic) bond motifs is 1. The molecule has 1 aliphatic rings. The van der Waals surface area contributed by atoms with Crippen LogP contribution in [0.3, 0.4) is 0 Å². The third-order valence-corrected chi connectivity index (χ3v) is 4.21. The molecule has 3 rings (SSSR count). The molecule has 0 radical (unpaired) electrons. The second-order valence-corrected chi connectivity index (χ2v) is 5.60. The van der Waals surface area contributed by atoms with Gasteiger partial charge in [-0.05, 0) is 54.7 Å². The molecule has 0 bridgehead atoms. The molecule has 0 aliphatic carbocycles. The highest BCUT2D eigenvalue weighted by atomic mass is 19.1. The minimum Gasteiger partial charge on any atom is -0.496 e. The van der Waals surface area contributed by atoms with E-state index in [4.69, 9.17) is 4.74 Å². The van der Waals surface area contributed by atoms with Gasteiger partial charge in [0.05, 0.1) is 7.11 Å². The van der Waals surface area contributed by atoms with Crippen molar-refractivity contribution in [3.05, 3.63) is 58.1 Å². The maximum Gasteiger partial charge on any atom is 0.153 e. The average molecular weight is 285 g/mol. The predicted molar refractivity (Wildman–Crippen MR) is 84.1 cm³/mol. The number of ether oxygens (including phenoxy) is 1. The molecule has 2 aromatic rings.